The molecule has 0 aliphatic carbocycles. The molecule has 0 radical (unpaired) electrons. The van der Waals surface area contributed by atoms with Crippen LogP contribution < -0.4 is 5.32 Å². The lowest BCUT2D eigenvalue weighted by Crippen LogP contribution is -2.28. The number of rotatable bonds is 7. The summed E-state index contributed by atoms with van der Waals surface area (Å²) in [6.45, 7) is 8.72. The molecule has 1 atom stereocenters. The van der Waals surface area contributed by atoms with E-state index in [1.54, 1.807) is 11.3 Å². The molecule has 0 bridgehead atoms. The van der Waals surface area contributed by atoms with Crippen LogP contribution >= 0.6 is 11.3 Å². The number of hydrogen-bond donors (Lipinski definition) is 1. The lowest BCUT2D eigenvalue weighted by atomic mass is 10.1. The number of nitrogens with zero attached hydrogens (tertiary/aromatic N) is 1. The zero-order valence-corrected chi connectivity index (χ0v) is 11.7. The number of unbranched alkanes of at least 4 members (excludes halogenated alkanes) is 2. The Morgan fingerprint density at radius 1 is 1.38 bits per heavy atom. The highest BCUT2D eigenvalue weighted by molar-refractivity contribution is 7.09. The van der Waals surface area contributed by atoms with E-state index in [9.17, 15) is 0 Å². The topological polar surface area (TPSA) is 24.9 Å². The number of hydrogen-bond acceptors (Lipinski definition) is 3. The van der Waals surface area contributed by atoms with Crippen LogP contribution in [0.15, 0.2) is 5.38 Å². The Hall–Kier alpha value is -0.410. The summed E-state index contributed by atoms with van der Waals surface area (Å²) < 4.78 is 0. The van der Waals surface area contributed by atoms with Crippen molar-refractivity contribution in [3.05, 3.63) is 16.1 Å². The van der Waals surface area contributed by atoms with Crippen LogP contribution in [0.1, 0.15) is 63.2 Å². The molecule has 0 spiro atoms. The lowest BCUT2D eigenvalue weighted by Gasteiger charge is -2.19. The van der Waals surface area contributed by atoms with Crippen molar-refractivity contribution >= 4 is 11.3 Å². The molecule has 0 aliphatic heterocycles. The smallest absolute Gasteiger partial charge is 0.110 e. The van der Waals surface area contributed by atoms with Gasteiger partial charge in [0.25, 0.3) is 0 Å². The summed E-state index contributed by atoms with van der Waals surface area (Å²) in [4.78, 5) is 4.60. The second-order valence-electron chi connectivity index (χ2n) is 4.70. The van der Waals surface area contributed by atoms with Crippen molar-refractivity contribution in [2.24, 2.45) is 0 Å². The van der Waals surface area contributed by atoms with Gasteiger partial charge in [-0.25, -0.2) is 4.98 Å². The average Bonchev–Trinajstić information content (AvgIpc) is 2.63. The van der Waals surface area contributed by atoms with Crippen LogP contribution in [0.25, 0.3) is 0 Å². The fourth-order valence-electron chi connectivity index (χ4n) is 1.81. The minimum atomic E-state index is 0.449. The fourth-order valence-corrected chi connectivity index (χ4v) is 2.70. The Morgan fingerprint density at radius 3 is 2.62 bits per heavy atom. The van der Waals surface area contributed by atoms with Gasteiger partial charge in [-0.3, -0.25) is 0 Å². The Balaban J connectivity index is 2.56. The molecule has 1 aromatic heterocycles. The first-order valence-corrected chi connectivity index (χ1v) is 7.19. The Labute approximate surface area is 103 Å². The van der Waals surface area contributed by atoms with E-state index in [2.05, 4.69) is 43.4 Å². The van der Waals surface area contributed by atoms with Crippen molar-refractivity contribution in [1.29, 1.82) is 0 Å². The predicted octanol–water partition coefficient (Wildman–Crippen LogP) is 4.07. The third-order valence-electron chi connectivity index (χ3n) is 2.57. The zero-order chi connectivity index (χ0) is 12.0. The van der Waals surface area contributed by atoms with Crippen molar-refractivity contribution in [2.45, 2.75) is 65.5 Å². The van der Waals surface area contributed by atoms with Gasteiger partial charge in [-0.05, 0) is 13.3 Å². The summed E-state index contributed by atoms with van der Waals surface area (Å²) in [7, 11) is 0. The maximum absolute atomic E-state index is 4.60. The van der Waals surface area contributed by atoms with Crippen LogP contribution in [0.4, 0.5) is 0 Å². The number of thiazole rings is 1. The van der Waals surface area contributed by atoms with Crippen LogP contribution in [0.3, 0.4) is 0 Å². The summed E-state index contributed by atoms with van der Waals surface area (Å²) in [5.74, 6) is 0. The van der Waals surface area contributed by atoms with Gasteiger partial charge in [0.15, 0.2) is 0 Å². The molecular formula is C13H24N2S. The lowest BCUT2D eigenvalue weighted by molar-refractivity contribution is 0.434. The normalized spacial score (nSPS) is 13.3. The van der Waals surface area contributed by atoms with Gasteiger partial charge in [0.1, 0.15) is 5.01 Å². The minimum Gasteiger partial charge on any atom is -0.306 e. The van der Waals surface area contributed by atoms with Crippen molar-refractivity contribution in [2.75, 3.05) is 0 Å². The molecule has 1 heterocycles. The standard InChI is InChI=1S/C13H24N2S/c1-5-6-7-8-12(14-10(2)3)13-15-11(4)9-16-13/h9-10,12,14H,5-8H2,1-4H3. The van der Waals surface area contributed by atoms with E-state index in [4.69, 9.17) is 0 Å². The highest BCUT2D eigenvalue weighted by Crippen LogP contribution is 2.23. The second kappa shape index (κ2) is 7.02. The van der Waals surface area contributed by atoms with Gasteiger partial charge in [-0.2, -0.15) is 0 Å². The predicted molar refractivity (Wildman–Crippen MR) is 72.0 cm³/mol. The number of aromatic nitrogens is 1. The van der Waals surface area contributed by atoms with Gasteiger partial charge in [-0.15, -0.1) is 11.3 Å². The molecule has 0 fully saturated rings. The van der Waals surface area contributed by atoms with Crippen LogP contribution in [0, 0.1) is 6.92 Å². The van der Waals surface area contributed by atoms with E-state index in [1.165, 1.54) is 30.7 Å². The highest BCUT2D eigenvalue weighted by Gasteiger charge is 2.15. The Kier molecular flexibility index (Phi) is 5.99. The SMILES string of the molecule is CCCCCC(NC(C)C)c1nc(C)cs1. The molecule has 0 aromatic carbocycles. The van der Waals surface area contributed by atoms with Crippen molar-refractivity contribution in [3.8, 4) is 0 Å². The molecular weight excluding hydrogens is 216 g/mol. The van der Waals surface area contributed by atoms with E-state index in [1.807, 2.05) is 0 Å². The number of aryl methyl sites for hydroxylation is 1. The summed E-state index contributed by atoms with van der Waals surface area (Å²) in [6.07, 6.45) is 5.10. The maximum atomic E-state index is 4.60. The Morgan fingerprint density at radius 2 is 2.12 bits per heavy atom. The molecule has 0 saturated heterocycles. The largest absolute Gasteiger partial charge is 0.306 e. The molecule has 92 valence electrons. The van der Waals surface area contributed by atoms with Crippen LogP contribution in [-0.2, 0) is 0 Å². The molecule has 3 heteroatoms. The highest BCUT2D eigenvalue weighted by atomic mass is 32.1. The molecule has 0 amide bonds. The van der Waals surface area contributed by atoms with Crippen molar-refractivity contribution in [1.82, 2.24) is 10.3 Å². The second-order valence-corrected chi connectivity index (χ2v) is 5.59. The first-order valence-electron chi connectivity index (χ1n) is 6.31. The first kappa shape index (κ1) is 13.7. The summed E-state index contributed by atoms with van der Waals surface area (Å²) in [6, 6.07) is 0.973. The van der Waals surface area contributed by atoms with Gasteiger partial charge < -0.3 is 5.32 Å². The molecule has 1 unspecified atom stereocenters. The van der Waals surface area contributed by atoms with E-state index in [0.717, 1.165) is 5.69 Å². The summed E-state index contributed by atoms with van der Waals surface area (Å²) in [5.41, 5.74) is 1.14. The minimum absolute atomic E-state index is 0.449. The van der Waals surface area contributed by atoms with E-state index in [0.29, 0.717) is 12.1 Å². The van der Waals surface area contributed by atoms with Gasteiger partial charge in [0.2, 0.25) is 0 Å². The first-order chi connectivity index (χ1) is 7.63. The quantitative estimate of drug-likeness (QED) is 0.727. The average molecular weight is 240 g/mol. The zero-order valence-electron chi connectivity index (χ0n) is 10.9. The van der Waals surface area contributed by atoms with Crippen LogP contribution in [0.2, 0.25) is 0 Å². The Bertz CT molecular complexity index is 294. The van der Waals surface area contributed by atoms with Crippen molar-refractivity contribution < 1.29 is 0 Å². The third kappa shape index (κ3) is 4.62. The van der Waals surface area contributed by atoms with Gasteiger partial charge >= 0.3 is 0 Å². The summed E-state index contributed by atoms with van der Waals surface area (Å²) >= 11 is 1.78. The molecule has 0 saturated carbocycles. The molecule has 2 nitrogen and oxygen atoms in total. The number of nitrogens with one attached hydrogen (secondary N) is 1. The van der Waals surface area contributed by atoms with Crippen LogP contribution in [0.5, 0.6) is 0 Å². The van der Waals surface area contributed by atoms with Crippen LogP contribution in [-0.4, -0.2) is 11.0 Å². The molecule has 1 rings (SSSR count). The van der Waals surface area contributed by atoms with Gasteiger partial charge in [0.05, 0.1) is 6.04 Å². The van der Waals surface area contributed by atoms with Gasteiger partial charge in [-0.1, -0.05) is 40.0 Å². The third-order valence-corrected chi connectivity index (χ3v) is 3.64. The summed E-state index contributed by atoms with van der Waals surface area (Å²) in [5, 5.41) is 7.01. The molecule has 0 aliphatic rings. The van der Waals surface area contributed by atoms with Crippen molar-refractivity contribution in [3.63, 3.8) is 0 Å². The van der Waals surface area contributed by atoms with E-state index >= 15 is 0 Å². The molecule has 1 N–H and O–H groups in total. The van der Waals surface area contributed by atoms with E-state index in [-0.39, 0.29) is 0 Å². The molecule has 16 heavy (non-hydrogen) atoms. The van der Waals surface area contributed by atoms with E-state index < -0.39 is 0 Å². The fraction of sp³-hybridized carbons (Fsp3) is 0.769. The maximum Gasteiger partial charge on any atom is 0.110 e. The monoisotopic (exact) mass is 240 g/mol. The van der Waals surface area contributed by atoms with Gasteiger partial charge in [0, 0.05) is 17.1 Å². The molecule has 1 aromatic rings.